The Morgan fingerprint density at radius 3 is 2.56 bits per heavy atom. The van der Waals surface area contributed by atoms with Crippen LogP contribution in [0.1, 0.15) is 18.4 Å². The van der Waals surface area contributed by atoms with E-state index in [1.54, 1.807) is 7.11 Å². The van der Waals surface area contributed by atoms with Gasteiger partial charge in [-0.1, -0.05) is 13.0 Å². The van der Waals surface area contributed by atoms with Gasteiger partial charge in [0.15, 0.2) is 5.82 Å². The third kappa shape index (κ3) is 4.56. The molecule has 6 rings (SSSR count). The first kappa shape index (κ1) is 23.3. The summed E-state index contributed by atoms with van der Waals surface area (Å²) in [7, 11) is 1.75. The van der Waals surface area contributed by atoms with Gasteiger partial charge in [0.25, 0.3) is 0 Å². The Morgan fingerprint density at radius 1 is 0.944 bits per heavy atom. The maximum absolute atomic E-state index is 6.16. The van der Waals surface area contributed by atoms with Gasteiger partial charge in [0, 0.05) is 69.3 Å². The van der Waals surface area contributed by atoms with Crippen LogP contribution in [0.4, 0.5) is 5.69 Å². The lowest BCUT2D eigenvalue weighted by Crippen LogP contribution is -2.46. The van der Waals surface area contributed by atoms with Gasteiger partial charge >= 0.3 is 0 Å². The lowest BCUT2D eigenvalue weighted by Gasteiger charge is -2.35. The Morgan fingerprint density at radius 2 is 1.78 bits per heavy atom. The second-order valence-electron chi connectivity index (χ2n) is 9.68. The summed E-state index contributed by atoms with van der Waals surface area (Å²) in [6.45, 7) is 12.5. The zero-order valence-corrected chi connectivity index (χ0v) is 21.3. The molecule has 0 unspecified atom stereocenters. The van der Waals surface area contributed by atoms with Crippen LogP contribution in [0, 0.1) is 0 Å². The van der Waals surface area contributed by atoms with Crippen LogP contribution in [0.25, 0.3) is 16.8 Å². The van der Waals surface area contributed by atoms with Crippen LogP contribution in [-0.2, 0) is 17.9 Å². The van der Waals surface area contributed by atoms with Crippen molar-refractivity contribution in [3.05, 3.63) is 54.1 Å². The molecule has 0 aliphatic carbocycles. The number of ether oxygens (including phenoxy) is 3. The molecule has 36 heavy (non-hydrogen) atoms. The predicted octanol–water partition coefficient (Wildman–Crippen LogP) is 3.41. The molecule has 3 aliphatic heterocycles. The molecule has 3 aliphatic rings. The normalized spacial score (nSPS) is 18.4. The van der Waals surface area contributed by atoms with Crippen LogP contribution < -0.4 is 14.4 Å². The number of morpholine rings is 1. The zero-order chi connectivity index (χ0) is 24.5. The fourth-order valence-electron chi connectivity index (χ4n) is 5.42. The van der Waals surface area contributed by atoms with E-state index in [4.69, 9.17) is 19.2 Å². The molecule has 4 heterocycles. The van der Waals surface area contributed by atoms with Crippen molar-refractivity contribution in [1.82, 2.24) is 19.4 Å². The molecule has 0 bridgehead atoms. The number of methoxy groups -OCH3 is 1. The van der Waals surface area contributed by atoms with Gasteiger partial charge in [-0.2, -0.15) is 0 Å². The highest BCUT2D eigenvalue weighted by molar-refractivity contribution is 5.76. The van der Waals surface area contributed by atoms with Gasteiger partial charge in [0.1, 0.15) is 18.1 Å². The molecule has 0 N–H and O–H groups in total. The first-order valence-electron chi connectivity index (χ1n) is 13.0. The van der Waals surface area contributed by atoms with Crippen LogP contribution >= 0.6 is 0 Å². The smallest absolute Gasteiger partial charge is 0.151 e. The summed E-state index contributed by atoms with van der Waals surface area (Å²) in [5.41, 5.74) is 5.49. The van der Waals surface area contributed by atoms with E-state index in [-0.39, 0.29) is 0 Å². The van der Waals surface area contributed by atoms with Crippen molar-refractivity contribution >= 4 is 5.69 Å². The van der Waals surface area contributed by atoms with E-state index in [9.17, 15) is 0 Å². The van der Waals surface area contributed by atoms with Crippen molar-refractivity contribution in [2.45, 2.75) is 20.1 Å². The molecule has 2 saturated heterocycles. The number of nitrogens with zero attached hydrogens (tertiary/aromatic N) is 5. The van der Waals surface area contributed by atoms with Crippen molar-refractivity contribution in [2.24, 2.45) is 0 Å². The van der Waals surface area contributed by atoms with Gasteiger partial charge < -0.3 is 24.0 Å². The number of imidazole rings is 1. The quantitative estimate of drug-likeness (QED) is 0.526. The number of hydrogen-bond donors (Lipinski definition) is 0. The molecule has 0 radical (unpaired) electrons. The second kappa shape index (κ2) is 10.1. The van der Waals surface area contributed by atoms with E-state index in [2.05, 4.69) is 68.8 Å². The Hall–Kier alpha value is -3.07. The van der Waals surface area contributed by atoms with E-state index in [1.165, 1.54) is 5.69 Å². The highest BCUT2D eigenvalue weighted by Crippen LogP contribution is 2.39. The minimum atomic E-state index is 0.472. The number of anilines is 1. The molecule has 0 atom stereocenters. The van der Waals surface area contributed by atoms with E-state index in [0.29, 0.717) is 6.61 Å². The molecular formula is C28H35N5O3. The Balaban J connectivity index is 1.23. The standard InChI is InChI=1S/C28H35N5O3/c1-3-30-8-10-32(11-9-30)23-5-6-24(26(17-23)34-2)21-4-7-25-27(16-21)36-20-28-29-22(19-33(25)28)18-31-12-14-35-15-13-31/h4-7,16-17,19H,3,8-15,18,20H2,1-2H3. The summed E-state index contributed by atoms with van der Waals surface area (Å²) in [5, 5.41) is 0. The van der Waals surface area contributed by atoms with Crippen LogP contribution in [-0.4, -0.2) is 85.5 Å². The van der Waals surface area contributed by atoms with E-state index >= 15 is 0 Å². The van der Waals surface area contributed by atoms with E-state index in [0.717, 1.165) is 105 Å². The molecule has 2 aromatic carbocycles. The van der Waals surface area contributed by atoms with Gasteiger partial charge in [0.2, 0.25) is 0 Å². The first-order chi connectivity index (χ1) is 17.7. The van der Waals surface area contributed by atoms with Crippen LogP contribution in [0.15, 0.2) is 42.6 Å². The summed E-state index contributed by atoms with van der Waals surface area (Å²) >= 11 is 0. The summed E-state index contributed by atoms with van der Waals surface area (Å²) in [4.78, 5) is 12.2. The minimum absolute atomic E-state index is 0.472. The largest absolute Gasteiger partial charge is 0.496 e. The van der Waals surface area contributed by atoms with E-state index < -0.39 is 0 Å². The summed E-state index contributed by atoms with van der Waals surface area (Å²) in [6, 6.07) is 13.0. The molecule has 8 heteroatoms. The molecule has 2 fully saturated rings. The molecule has 8 nitrogen and oxygen atoms in total. The number of piperazine rings is 1. The maximum atomic E-state index is 6.16. The molecule has 1 aromatic heterocycles. The summed E-state index contributed by atoms with van der Waals surface area (Å²) in [6.07, 6.45) is 2.15. The lowest BCUT2D eigenvalue weighted by atomic mass is 10.0. The average Bonchev–Trinajstić information content (AvgIpc) is 3.36. The number of hydrogen-bond acceptors (Lipinski definition) is 7. The van der Waals surface area contributed by atoms with Crippen molar-refractivity contribution < 1.29 is 14.2 Å². The molecule has 0 spiro atoms. The monoisotopic (exact) mass is 489 g/mol. The van der Waals surface area contributed by atoms with Gasteiger partial charge in [-0.25, -0.2) is 4.98 Å². The van der Waals surface area contributed by atoms with Crippen LogP contribution in [0.5, 0.6) is 11.5 Å². The van der Waals surface area contributed by atoms with Crippen molar-refractivity contribution in [3.63, 3.8) is 0 Å². The SMILES string of the molecule is CCN1CCN(c2ccc(-c3ccc4c(c3)OCc3nc(CN5CCOCC5)cn3-4)c(OC)c2)CC1. The van der Waals surface area contributed by atoms with Gasteiger partial charge in [-0.15, -0.1) is 0 Å². The topological polar surface area (TPSA) is 55.2 Å². The van der Waals surface area contributed by atoms with Crippen LogP contribution in [0.2, 0.25) is 0 Å². The van der Waals surface area contributed by atoms with Gasteiger partial charge in [-0.3, -0.25) is 9.47 Å². The third-order valence-corrected chi connectivity index (χ3v) is 7.58. The van der Waals surface area contributed by atoms with Crippen molar-refractivity contribution in [1.29, 1.82) is 0 Å². The number of benzene rings is 2. The molecule has 190 valence electrons. The average molecular weight is 490 g/mol. The summed E-state index contributed by atoms with van der Waals surface area (Å²) < 4.78 is 19.7. The number of likely N-dealkylation sites (N-methyl/N-ethyl adjacent to an activating group) is 1. The lowest BCUT2D eigenvalue weighted by molar-refractivity contribution is 0.0337. The van der Waals surface area contributed by atoms with Gasteiger partial charge in [-0.05, 0) is 36.4 Å². The summed E-state index contributed by atoms with van der Waals surface area (Å²) in [5.74, 6) is 2.71. The molecular weight excluding hydrogens is 454 g/mol. The Labute approximate surface area is 213 Å². The minimum Gasteiger partial charge on any atom is -0.496 e. The maximum Gasteiger partial charge on any atom is 0.151 e. The molecule has 0 saturated carbocycles. The fraction of sp³-hybridized carbons (Fsp3) is 0.464. The number of fused-ring (bicyclic) bond motifs is 3. The van der Waals surface area contributed by atoms with Crippen molar-refractivity contribution in [2.75, 3.05) is 71.0 Å². The highest BCUT2D eigenvalue weighted by atomic mass is 16.5. The fourth-order valence-corrected chi connectivity index (χ4v) is 5.42. The molecule has 0 amide bonds. The van der Waals surface area contributed by atoms with Gasteiger partial charge in [0.05, 0.1) is 31.7 Å². The Bertz CT molecular complexity index is 1210. The van der Waals surface area contributed by atoms with Crippen molar-refractivity contribution in [3.8, 4) is 28.3 Å². The predicted molar refractivity (Wildman–Crippen MR) is 140 cm³/mol. The van der Waals surface area contributed by atoms with Crippen LogP contribution in [0.3, 0.4) is 0 Å². The van der Waals surface area contributed by atoms with E-state index in [1.807, 2.05) is 0 Å². The number of rotatable bonds is 6. The zero-order valence-electron chi connectivity index (χ0n) is 21.3. The Kier molecular flexibility index (Phi) is 6.56. The second-order valence-corrected chi connectivity index (χ2v) is 9.68. The first-order valence-corrected chi connectivity index (χ1v) is 13.0. The highest BCUT2D eigenvalue weighted by Gasteiger charge is 2.23. The molecule has 3 aromatic rings. The number of aromatic nitrogens is 2. The third-order valence-electron chi connectivity index (χ3n) is 7.58.